The van der Waals surface area contributed by atoms with Crippen LogP contribution in [0.15, 0.2) is 164 Å². The van der Waals surface area contributed by atoms with Crippen molar-refractivity contribution in [1.82, 2.24) is 0 Å². The van der Waals surface area contributed by atoms with E-state index >= 15 is 0 Å². The highest BCUT2D eigenvalue weighted by Gasteiger charge is 2.54. The van der Waals surface area contributed by atoms with Gasteiger partial charge in [-0.25, -0.2) is 0 Å². The van der Waals surface area contributed by atoms with E-state index in [0.29, 0.717) is 0 Å². The van der Waals surface area contributed by atoms with Gasteiger partial charge in [-0.3, -0.25) is 0 Å². The quantitative estimate of drug-likeness (QED) is 0.156. The lowest BCUT2D eigenvalue weighted by Crippen LogP contribution is -2.25. The van der Waals surface area contributed by atoms with Crippen LogP contribution in [0, 0.1) is 20.8 Å². The van der Waals surface area contributed by atoms with E-state index in [4.69, 9.17) is 0 Å². The van der Waals surface area contributed by atoms with Crippen LogP contribution in [-0.2, 0) is 5.41 Å². The zero-order valence-corrected chi connectivity index (χ0v) is 31.8. The van der Waals surface area contributed by atoms with Gasteiger partial charge in [-0.2, -0.15) is 0 Å². The summed E-state index contributed by atoms with van der Waals surface area (Å²) >= 11 is 1.98. The first-order valence-electron chi connectivity index (χ1n) is 19.4. The van der Waals surface area contributed by atoms with Crippen molar-refractivity contribution >= 4 is 53.7 Å². The average molecular weight is 717 g/mol. The van der Waals surface area contributed by atoms with Crippen LogP contribution >= 0.6 is 11.3 Å². The molecule has 10 aromatic rings. The second-order valence-corrected chi connectivity index (χ2v) is 16.7. The van der Waals surface area contributed by atoms with Crippen molar-refractivity contribution < 1.29 is 0 Å². The van der Waals surface area contributed by atoms with Crippen molar-refractivity contribution in [3.63, 3.8) is 0 Å². The van der Waals surface area contributed by atoms with E-state index in [9.17, 15) is 0 Å². The highest BCUT2D eigenvalue weighted by Crippen LogP contribution is 2.67. The number of thiophene rings is 1. The molecule has 1 heterocycles. The molecule has 0 bridgehead atoms. The van der Waals surface area contributed by atoms with Crippen LogP contribution in [0.5, 0.6) is 0 Å². The second-order valence-electron chi connectivity index (χ2n) is 15.7. The molecule has 0 radical (unpaired) electrons. The van der Waals surface area contributed by atoms with Gasteiger partial charge in [0.05, 0.1) is 5.41 Å². The molecule has 1 atom stereocenters. The van der Waals surface area contributed by atoms with E-state index in [1.165, 1.54) is 125 Å². The molecule has 258 valence electrons. The Hall–Kier alpha value is -6.28. The highest BCUT2D eigenvalue weighted by molar-refractivity contribution is 7.22. The molecule has 0 fully saturated rings. The molecule has 0 aliphatic heterocycles. The minimum atomic E-state index is -0.418. The zero-order chi connectivity index (χ0) is 36.6. The predicted molar refractivity (Wildman–Crippen MR) is 236 cm³/mol. The first kappa shape index (κ1) is 31.1. The number of hydrogen-bond acceptors (Lipinski definition) is 1. The molecule has 55 heavy (non-hydrogen) atoms. The third-order valence-electron chi connectivity index (χ3n) is 12.8. The summed E-state index contributed by atoms with van der Waals surface area (Å²) in [6.07, 6.45) is 0. The molecular formula is C54H36S. The standard InChI is InChI=1S/C54H36S/c1-31-29-33(3)52-44(30-31)51-53(55-52)42-22-11-13-25-46(42)54(51)45-24-12-10-21-41(45)50-43(23-14-26-47(50)54)49-38-19-8-6-17-36(38)48(37-18-7-9-20-39(37)49)40-28-27-32(2)34-15-4-5-16-35(34)40/h4-30H,1-3H3. The molecule has 0 saturated carbocycles. The Labute approximate surface area is 325 Å². The lowest BCUT2D eigenvalue weighted by molar-refractivity contribution is 0.802. The molecule has 0 nitrogen and oxygen atoms in total. The van der Waals surface area contributed by atoms with E-state index in [-0.39, 0.29) is 0 Å². The summed E-state index contributed by atoms with van der Waals surface area (Å²) in [5.41, 5.74) is 18.5. The van der Waals surface area contributed by atoms with Crippen LogP contribution in [0.3, 0.4) is 0 Å². The molecule has 0 saturated heterocycles. The zero-order valence-electron chi connectivity index (χ0n) is 31.0. The molecule has 1 aromatic heterocycles. The van der Waals surface area contributed by atoms with Crippen molar-refractivity contribution in [1.29, 1.82) is 0 Å². The topological polar surface area (TPSA) is 0 Å². The molecule has 2 aliphatic rings. The lowest BCUT2D eigenvalue weighted by atomic mass is 9.69. The maximum Gasteiger partial charge on any atom is 0.0740 e. The van der Waals surface area contributed by atoms with E-state index in [1.54, 1.807) is 0 Å². The third kappa shape index (κ3) is 3.91. The molecule has 9 aromatic carbocycles. The lowest BCUT2D eigenvalue weighted by Gasteiger charge is -2.30. The maximum atomic E-state index is 2.45. The van der Waals surface area contributed by atoms with Gasteiger partial charge < -0.3 is 0 Å². The van der Waals surface area contributed by atoms with Gasteiger partial charge in [-0.1, -0.05) is 169 Å². The third-order valence-corrected chi connectivity index (χ3v) is 14.1. The van der Waals surface area contributed by atoms with Gasteiger partial charge in [-0.15, -0.1) is 11.3 Å². The van der Waals surface area contributed by atoms with E-state index in [0.717, 1.165) is 0 Å². The fourth-order valence-corrected chi connectivity index (χ4v) is 12.1. The monoisotopic (exact) mass is 716 g/mol. The number of aryl methyl sites for hydroxylation is 3. The van der Waals surface area contributed by atoms with Crippen molar-refractivity contribution in [2.24, 2.45) is 0 Å². The molecule has 12 rings (SSSR count). The van der Waals surface area contributed by atoms with Crippen LogP contribution < -0.4 is 0 Å². The van der Waals surface area contributed by atoms with E-state index in [2.05, 4.69) is 185 Å². The molecule has 1 heteroatoms. The Balaban J connectivity index is 1.24. The van der Waals surface area contributed by atoms with Gasteiger partial charge in [0.2, 0.25) is 0 Å². The van der Waals surface area contributed by atoms with Gasteiger partial charge in [-0.05, 0) is 131 Å². The summed E-state index contributed by atoms with van der Waals surface area (Å²) in [7, 11) is 0. The first-order chi connectivity index (χ1) is 27.1. The van der Waals surface area contributed by atoms with Crippen LogP contribution in [0.4, 0.5) is 0 Å². The molecule has 0 N–H and O–H groups in total. The van der Waals surface area contributed by atoms with Crippen LogP contribution in [0.25, 0.3) is 86.2 Å². The van der Waals surface area contributed by atoms with Crippen LogP contribution in [0.1, 0.15) is 38.9 Å². The van der Waals surface area contributed by atoms with Gasteiger partial charge in [0.15, 0.2) is 0 Å². The Kier molecular flexibility index (Phi) is 6.30. The van der Waals surface area contributed by atoms with Gasteiger partial charge >= 0.3 is 0 Å². The average Bonchev–Trinajstić information content (AvgIpc) is 3.85. The fraction of sp³-hybridized carbons (Fsp3) is 0.0741. The van der Waals surface area contributed by atoms with Crippen LogP contribution in [-0.4, -0.2) is 0 Å². The fourth-order valence-electron chi connectivity index (χ4n) is 10.7. The summed E-state index contributed by atoms with van der Waals surface area (Å²) in [5.74, 6) is 0. The normalized spacial score (nSPS) is 15.3. The minimum Gasteiger partial charge on any atom is -0.135 e. The van der Waals surface area contributed by atoms with Crippen LogP contribution in [0.2, 0.25) is 0 Å². The van der Waals surface area contributed by atoms with Crippen molar-refractivity contribution in [2.75, 3.05) is 0 Å². The maximum absolute atomic E-state index is 2.45. The summed E-state index contributed by atoms with van der Waals surface area (Å²) in [5, 5.41) is 9.14. The first-order valence-corrected chi connectivity index (χ1v) is 20.2. The van der Waals surface area contributed by atoms with Crippen molar-refractivity contribution in [3.8, 4) is 43.8 Å². The number of rotatable bonds is 2. The highest BCUT2D eigenvalue weighted by atomic mass is 32.1. The Bertz CT molecular complexity index is 3240. The smallest absolute Gasteiger partial charge is 0.0740 e. The largest absolute Gasteiger partial charge is 0.135 e. The number of hydrogen-bond donors (Lipinski definition) is 0. The minimum absolute atomic E-state index is 0.418. The van der Waals surface area contributed by atoms with E-state index < -0.39 is 5.41 Å². The summed E-state index contributed by atoms with van der Waals surface area (Å²) in [6, 6.07) is 62.3. The Morgan fingerprint density at radius 3 is 1.58 bits per heavy atom. The van der Waals surface area contributed by atoms with Crippen molar-refractivity contribution in [2.45, 2.75) is 26.2 Å². The van der Waals surface area contributed by atoms with Gasteiger partial charge in [0, 0.05) is 9.58 Å². The molecular weight excluding hydrogens is 681 g/mol. The van der Waals surface area contributed by atoms with Gasteiger partial charge in [0.25, 0.3) is 0 Å². The number of benzene rings is 9. The molecule has 1 spiro atoms. The molecule has 0 amide bonds. The summed E-state index contributed by atoms with van der Waals surface area (Å²) in [6.45, 7) is 6.76. The summed E-state index contributed by atoms with van der Waals surface area (Å²) < 4.78 is 1.41. The molecule has 2 aliphatic carbocycles. The number of fused-ring (bicyclic) bond motifs is 15. The Morgan fingerprint density at radius 2 is 0.891 bits per heavy atom. The molecule has 1 unspecified atom stereocenters. The summed E-state index contributed by atoms with van der Waals surface area (Å²) in [4.78, 5) is 1.41. The van der Waals surface area contributed by atoms with Crippen molar-refractivity contribution in [3.05, 3.63) is 203 Å². The van der Waals surface area contributed by atoms with E-state index in [1.807, 2.05) is 11.3 Å². The van der Waals surface area contributed by atoms with Gasteiger partial charge in [0.1, 0.15) is 0 Å². The SMILES string of the molecule is Cc1cc(C)c2sc3c(c2c1)C1(c2ccccc2-3)c2ccccc2-c2c(-c3c4ccccc4c(-c4ccc(C)c5ccccc45)c4ccccc34)cccc21. The predicted octanol–water partition coefficient (Wildman–Crippen LogP) is 15.0. The second kappa shape index (κ2) is 11.1. The Morgan fingerprint density at radius 1 is 0.364 bits per heavy atom.